The fourth-order valence-corrected chi connectivity index (χ4v) is 5.73. The fourth-order valence-electron chi connectivity index (χ4n) is 4.51. The number of hydrogen-bond donors (Lipinski definition) is 0. The van der Waals surface area contributed by atoms with Gasteiger partial charge in [0.05, 0.1) is 13.2 Å². The van der Waals surface area contributed by atoms with Gasteiger partial charge in [0.1, 0.15) is 0 Å². The van der Waals surface area contributed by atoms with Gasteiger partial charge < -0.3 is 14.4 Å². The molecule has 0 aliphatic carbocycles. The Morgan fingerprint density at radius 2 is 1.70 bits per heavy atom. The van der Waals surface area contributed by atoms with Gasteiger partial charge in [-0.1, -0.05) is 30.3 Å². The van der Waals surface area contributed by atoms with Gasteiger partial charge in [0.15, 0.2) is 6.29 Å². The van der Waals surface area contributed by atoms with Gasteiger partial charge >= 0.3 is 0 Å². The average Bonchev–Trinajstić information content (AvgIpc) is 3.33. The van der Waals surface area contributed by atoms with Crippen molar-refractivity contribution in [3.8, 4) is 0 Å². The van der Waals surface area contributed by atoms with Crippen molar-refractivity contribution in [2.24, 2.45) is 11.8 Å². The summed E-state index contributed by atoms with van der Waals surface area (Å²) in [5.74, 6) is 0.266. The largest absolute Gasteiger partial charge is 0.350 e. The maximum absolute atomic E-state index is 13.0. The van der Waals surface area contributed by atoms with Crippen LogP contribution >= 0.6 is 0 Å². The van der Waals surface area contributed by atoms with Crippen molar-refractivity contribution in [1.82, 2.24) is 9.21 Å². The lowest BCUT2D eigenvalue weighted by molar-refractivity contribution is -0.144. The van der Waals surface area contributed by atoms with Crippen LogP contribution in [-0.2, 0) is 24.3 Å². The Bertz CT molecular complexity index is 844. The smallest absolute Gasteiger partial charge is 0.236 e. The summed E-state index contributed by atoms with van der Waals surface area (Å²) in [6.45, 7) is 3.44. The molecule has 0 aromatic heterocycles. The average molecular weight is 435 g/mol. The lowest BCUT2D eigenvalue weighted by Crippen LogP contribution is -2.48. The maximum Gasteiger partial charge on any atom is 0.236 e. The maximum atomic E-state index is 13.0. The van der Waals surface area contributed by atoms with Gasteiger partial charge in [0.25, 0.3) is 0 Å². The number of nitrogens with zero attached hydrogens (tertiary/aromatic N) is 2. The summed E-state index contributed by atoms with van der Waals surface area (Å²) < 4.78 is 38.0. The van der Waals surface area contributed by atoms with E-state index in [1.165, 1.54) is 9.71 Å². The predicted octanol–water partition coefficient (Wildman–Crippen LogP) is 2.31. The van der Waals surface area contributed by atoms with Crippen LogP contribution in [0.4, 0.5) is 0 Å². The number of benzene rings is 1. The van der Waals surface area contributed by atoms with E-state index >= 15 is 0 Å². The summed E-state index contributed by atoms with van der Waals surface area (Å²) in [7, 11) is -3.48. The lowest BCUT2D eigenvalue weighted by atomic mass is 9.92. The topological polar surface area (TPSA) is 76.2 Å². The van der Waals surface area contributed by atoms with E-state index in [2.05, 4.69) is 0 Å². The normalized spacial score (nSPS) is 25.2. The molecule has 7 nitrogen and oxygen atoms in total. The van der Waals surface area contributed by atoms with Crippen LogP contribution in [0, 0.1) is 11.8 Å². The number of amides is 1. The van der Waals surface area contributed by atoms with Crippen LogP contribution in [0.3, 0.4) is 0 Å². The molecule has 0 N–H and O–H groups in total. The molecule has 4 rings (SSSR count). The second-order valence-electron chi connectivity index (χ2n) is 8.23. The molecule has 8 heteroatoms. The van der Waals surface area contributed by atoms with E-state index in [4.69, 9.17) is 9.47 Å². The zero-order chi connectivity index (χ0) is 21.0. The van der Waals surface area contributed by atoms with Crippen LogP contribution in [0.1, 0.15) is 31.2 Å². The SMILES string of the molecule is O=C(C1CCN(S(=O)(=O)/C=C/c2ccccc2)CC1)N1CCCC(C2OCCO2)C1. The number of carbonyl (C=O) groups excluding carboxylic acids is 1. The molecular formula is C22H30N2O5S. The van der Waals surface area contributed by atoms with Gasteiger partial charge in [-0.25, -0.2) is 8.42 Å². The van der Waals surface area contributed by atoms with Crippen molar-refractivity contribution in [2.45, 2.75) is 32.0 Å². The van der Waals surface area contributed by atoms with Gasteiger partial charge in [-0.3, -0.25) is 4.79 Å². The minimum absolute atomic E-state index is 0.112. The van der Waals surface area contributed by atoms with Gasteiger partial charge in [0.2, 0.25) is 15.9 Å². The van der Waals surface area contributed by atoms with Gasteiger partial charge in [-0.2, -0.15) is 4.31 Å². The van der Waals surface area contributed by atoms with Crippen molar-refractivity contribution in [3.63, 3.8) is 0 Å². The number of sulfonamides is 1. The Hall–Kier alpha value is -1.74. The summed E-state index contributed by atoms with van der Waals surface area (Å²) in [6.07, 6.45) is 4.52. The molecule has 3 aliphatic heterocycles. The highest BCUT2D eigenvalue weighted by atomic mass is 32.2. The Morgan fingerprint density at radius 1 is 1.00 bits per heavy atom. The Balaban J connectivity index is 1.30. The Morgan fingerprint density at radius 3 is 2.40 bits per heavy atom. The third kappa shape index (κ3) is 5.11. The number of piperidine rings is 2. The van der Waals surface area contributed by atoms with Crippen molar-refractivity contribution in [1.29, 1.82) is 0 Å². The van der Waals surface area contributed by atoms with E-state index in [0.29, 0.717) is 45.7 Å². The molecule has 3 fully saturated rings. The van der Waals surface area contributed by atoms with Crippen molar-refractivity contribution in [3.05, 3.63) is 41.3 Å². The van der Waals surface area contributed by atoms with Crippen LogP contribution in [0.2, 0.25) is 0 Å². The molecular weight excluding hydrogens is 404 g/mol. The van der Waals surface area contributed by atoms with Gasteiger partial charge in [-0.15, -0.1) is 0 Å². The molecule has 3 saturated heterocycles. The number of carbonyl (C=O) groups is 1. The van der Waals surface area contributed by atoms with E-state index < -0.39 is 10.0 Å². The quantitative estimate of drug-likeness (QED) is 0.711. The second kappa shape index (κ2) is 9.60. The number of ether oxygens (including phenoxy) is 2. The fraction of sp³-hybridized carbons (Fsp3) is 0.591. The van der Waals surface area contributed by atoms with Crippen molar-refractivity contribution < 1.29 is 22.7 Å². The molecule has 30 heavy (non-hydrogen) atoms. The molecule has 0 radical (unpaired) electrons. The van der Waals surface area contributed by atoms with Crippen LogP contribution in [0.25, 0.3) is 6.08 Å². The number of likely N-dealkylation sites (tertiary alicyclic amines) is 1. The molecule has 1 aromatic rings. The zero-order valence-electron chi connectivity index (χ0n) is 17.2. The first-order chi connectivity index (χ1) is 14.5. The molecule has 1 unspecified atom stereocenters. The third-order valence-electron chi connectivity index (χ3n) is 6.20. The molecule has 3 aliphatic rings. The third-order valence-corrected chi connectivity index (χ3v) is 7.76. The molecule has 1 aromatic carbocycles. The minimum atomic E-state index is -3.48. The van der Waals surface area contributed by atoms with Crippen molar-refractivity contribution >= 4 is 22.0 Å². The summed E-state index contributed by atoms with van der Waals surface area (Å²) in [6, 6.07) is 9.37. The number of rotatable bonds is 5. The minimum Gasteiger partial charge on any atom is -0.350 e. The van der Waals surface area contributed by atoms with E-state index in [1.54, 1.807) is 6.08 Å². The zero-order valence-corrected chi connectivity index (χ0v) is 18.0. The first kappa shape index (κ1) is 21.5. The first-order valence-electron chi connectivity index (χ1n) is 10.8. The molecule has 1 amide bonds. The van der Waals surface area contributed by atoms with Crippen LogP contribution in [-0.4, -0.2) is 69.2 Å². The summed E-state index contributed by atoms with van der Waals surface area (Å²) in [5, 5.41) is 1.27. The highest BCUT2D eigenvalue weighted by molar-refractivity contribution is 7.92. The monoisotopic (exact) mass is 434 g/mol. The highest BCUT2D eigenvalue weighted by Crippen LogP contribution is 2.28. The summed E-state index contributed by atoms with van der Waals surface area (Å²) in [5.41, 5.74) is 0.848. The van der Waals surface area contributed by atoms with Crippen LogP contribution < -0.4 is 0 Å². The van der Waals surface area contributed by atoms with Gasteiger partial charge in [0, 0.05) is 43.4 Å². The lowest BCUT2D eigenvalue weighted by Gasteiger charge is -2.38. The van der Waals surface area contributed by atoms with E-state index in [1.807, 2.05) is 35.2 Å². The van der Waals surface area contributed by atoms with E-state index in [9.17, 15) is 13.2 Å². The van der Waals surface area contributed by atoms with E-state index in [0.717, 1.165) is 24.9 Å². The molecule has 0 spiro atoms. The predicted molar refractivity (Wildman–Crippen MR) is 114 cm³/mol. The highest BCUT2D eigenvalue weighted by Gasteiger charge is 2.36. The first-order valence-corrected chi connectivity index (χ1v) is 12.3. The van der Waals surface area contributed by atoms with Gasteiger partial charge in [-0.05, 0) is 37.3 Å². The molecule has 164 valence electrons. The summed E-state index contributed by atoms with van der Waals surface area (Å²) in [4.78, 5) is 15.0. The molecule has 1 atom stereocenters. The molecule has 3 heterocycles. The van der Waals surface area contributed by atoms with Crippen LogP contribution in [0.5, 0.6) is 0 Å². The Kier molecular flexibility index (Phi) is 6.87. The molecule has 0 bridgehead atoms. The standard InChI is InChI=1S/C22H30N2O5S/c25-21(23-11-4-7-20(17-23)22-28-14-15-29-22)19-8-12-24(13-9-19)30(26,27)16-10-18-5-2-1-3-6-18/h1-3,5-6,10,16,19-20,22H,4,7-9,11-15,17H2/b16-10+. The Labute approximate surface area is 178 Å². The van der Waals surface area contributed by atoms with E-state index in [-0.39, 0.29) is 24.0 Å². The second-order valence-corrected chi connectivity index (χ2v) is 10.0. The number of hydrogen-bond acceptors (Lipinski definition) is 5. The van der Waals surface area contributed by atoms with Crippen molar-refractivity contribution in [2.75, 3.05) is 39.4 Å². The molecule has 0 saturated carbocycles. The summed E-state index contributed by atoms with van der Waals surface area (Å²) >= 11 is 0. The van der Waals surface area contributed by atoms with Crippen LogP contribution in [0.15, 0.2) is 35.7 Å².